The smallest absolute Gasteiger partial charge is 0.336 e. The highest BCUT2D eigenvalue weighted by Crippen LogP contribution is 2.38. The molecule has 8 nitrogen and oxygen atoms in total. The number of amides is 3. The van der Waals surface area contributed by atoms with Gasteiger partial charge >= 0.3 is 11.7 Å². The lowest BCUT2D eigenvalue weighted by Gasteiger charge is -2.22. The molecule has 1 N–H and O–H groups in total. The molecule has 0 saturated carbocycles. The molecule has 2 aromatic carbocycles. The first-order chi connectivity index (χ1) is 15.7. The summed E-state index contributed by atoms with van der Waals surface area (Å²) < 4.78 is 16.2. The highest BCUT2D eigenvalue weighted by atomic mass is 16.7. The van der Waals surface area contributed by atoms with Crippen molar-refractivity contribution in [3.8, 4) is 11.5 Å². The Bertz CT molecular complexity index is 1380. The molecule has 1 fully saturated rings. The average Bonchev–Trinajstić information content (AvgIpc) is 3.31. The van der Waals surface area contributed by atoms with Crippen molar-refractivity contribution in [2.24, 2.45) is 0 Å². The molecule has 8 heteroatoms. The molecule has 3 heterocycles. The van der Waals surface area contributed by atoms with Crippen molar-refractivity contribution in [3.63, 3.8) is 0 Å². The molecule has 0 radical (unpaired) electrons. The van der Waals surface area contributed by atoms with Gasteiger partial charge in [-0.05, 0) is 66.3 Å². The number of benzene rings is 2. The van der Waals surface area contributed by atoms with Crippen LogP contribution >= 0.6 is 0 Å². The molecule has 1 atom stereocenters. The molecule has 5 rings (SSSR count). The summed E-state index contributed by atoms with van der Waals surface area (Å²) in [5.74, 6) is 0.969. The SMILES string of the molecule is Cc1cc2oc(=O)cc(CN3C(=O)N[C@@](C)(c4ccc5c(c4)OCO5)C3=O)c2cc1C(C)C. The number of hydrogen-bond acceptors (Lipinski definition) is 6. The Morgan fingerprint density at radius 2 is 1.82 bits per heavy atom. The largest absolute Gasteiger partial charge is 0.454 e. The number of imide groups is 1. The number of hydrogen-bond donors (Lipinski definition) is 1. The fourth-order valence-corrected chi connectivity index (χ4v) is 4.56. The predicted molar refractivity (Wildman–Crippen MR) is 120 cm³/mol. The Labute approximate surface area is 190 Å². The first-order valence-electron chi connectivity index (χ1n) is 10.8. The Kier molecular flexibility index (Phi) is 4.70. The first-order valence-corrected chi connectivity index (χ1v) is 10.8. The summed E-state index contributed by atoms with van der Waals surface area (Å²) in [5, 5.41) is 3.51. The van der Waals surface area contributed by atoms with E-state index in [2.05, 4.69) is 19.2 Å². The zero-order valence-electron chi connectivity index (χ0n) is 18.9. The van der Waals surface area contributed by atoms with Gasteiger partial charge in [-0.3, -0.25) is 9.69 Å². The van der Waals surface area contributed by atoms with Crippen LogP contribution < -0.4 is 20.4 Å². The molecule has 0 aliphatic carbocycles. The van der Waals surface area contributed by atoms with Crippen molar-refractivity contribution in [2.45, 2.75) is 45.7 Å². The van der Waals surface area contributed by atoms with E-state index in [4.69, 9.17) is 13.9 Å². The zero-order chi connectivity index (χ0) is 23.5. The molecule has 3 aromatic rings. The standard InChI is InChI=1S/C25H24N2O6/c1-13(2)17-10-18-15(8-22(28)33-20(18)7-14(17)3)11-27-23(29)25(4,26-24(27)30)16-5-6-19-21(9-16)32-12-31-19/h5-10,13H,11-12H2,1-4H3,(H,26,30)/t25-/m0/s1. The number of urea groups is 1. The summed E-state index contributed by atoms with van der Waals surface area (Å²) >= 11 is 0. The third-order valence-corrected chi connectivity index (χ3v) is 6.39. The topological polar surface area (TPSA) is 98.1 Å². The molecule has 0 unspecified atom stereocenters. The minimum absolute atomic E-state index is 0.0481. The molecule has 1 aromatic heterocycles. The van der Waals surface area contributed by atoms with Gasteiger partial charge in [-0.15, -0.1) is 0 Å². The molecule has 2 aliphatic heterocycles. The fraction of sp³-hybridized carbons (Fsp3) is 0.320. The second kappa shape index (κ2) is 7.37. The summed E-state index contributed by atoms with van der Waals surface area (Å²) in [6.45, 7) is 7.86. The van der Waals surface area contributed by atoms with Crippen molar-refractivity contribution >= 4 is 22.9 Å². The zero-order valence-corrected chi connectivity index (χ0v) is 18.9. The lowest BCUT2D eigenvalue weighted by Crippen LogP contribution is -2.40. The van der Waals surface area contributed by atoms with E-state index in [1.54, 1.807) is 25.1 Å². The molecule has 170 valence electrons. The van der Waals surface area contributed by atoms with E-state index in [1.165, 1.54) is 6.07 Å². The Morgan fingerprint density at radius 3 is 2.58 bits per heavy atom. The van der Waals surface area contributed by atoms with E-state index in [0.717, 1.165) is 16.0 Å². The molecular formula is C25H24N2O6. The van der Waals surface area contributed by atoms with Gasteiger partial charge in [0.15, 0.2) is 11.5 Å². The van der Waals surface area contributed by atoms with E-state index in [0.29, 0.717) is 33.6 Å². The third kappa shape index (κ3) is 3.33. The van der Waals surface area contributed by atoms with Gasteiger partial charge in [0.2, 0.25) is 6.79 Å². The van der Waals surface area contributed by atoms with E-state index < -0.39 is 23.1 Å². The van der Waals surface area contributed by atoms with Crippen LogP contribution in [0.1, 0.15) is 48.9 Å². The summed E-state index contributed by atoms with van der Waals surface area (Å²) in [7, 11) is 0. The van der Waals surface area contributed by atoms with Crippen LogP contribution in [0.4, 0.5) is 4.79 Å². The van der Waals surface area contributed by atoms with Gasteiger partial charge in [0, 0.05) is 11.5 Å². The van der Waals surface area contributed by atoms with Crippen LogP contribution in [0, 0.1) is 6.92 Å². The van der Waals surface area contributed by atoms with Gasteiger partial charge in [0.25, 0.3) is 5.91 Å². The molecule has 0 bridgehead atoms. The second-order valence-electron chi connectivity index (χ2n) is 8.96. The maximum Gasteiger partial charge on any atom is 0.336 e. The van der Waals surface area contributed by atoms with Crippen molar-refractivity contribution in [3.05, 3.63) is 69.1 Å². The quantitative estimate of drug-likeness (QED) is 0.480. The third-order valence-electron chi connectivity index (χ3n) is 6.39. The van der Waals surface area contributed by atoms with Crippen LogP contribution in [0.15, 0.2) is 45.6 Å². The summed E-state index contributed by atoms with van der Waals surface area (Å²) in [6.07, 6.45) is 0. The van der Waals surface area contributed by atoms with Crippen molar-refractivity contribution in [1.82, 2.24) is 10.2 Å². The molecule has 33 heavy (non-hydrogen) atoms. The summed E-state index contributed by atoms with van der Waals surface area (Å²) in [6, 6.07) is 9.78. The van der Waals surface area contributed by atoms with Crippen LogP contribution in [0.2, 0.25) is 0 Å². The van der Waals surface area contributed by atoms with E-state index in [9.17, 15) is 14.4 Å². The number of carbonyl (C=O) groups excluding carboxylic acids is 2. The van der Waals surface area contributed by atoms with Crippen molar-refractivity contribution < 1.29 is 23.5 Å². The summed E-state index contributed by atoms with van der Waals surface area (Å²) in [4.78, 5) is 39.7. The van der Waals surface area contributed by atoms with E-state index >= 15 is 0 Å². The molecule has 2 aliphatic rings. The number of aryl methyl sites for hydroxylation is 1. The number of ether oxygens (including phenoxy) is 2. The van der Waals surface area contributed by atoms with Crippen molar-refractivity contribution in [1.29, 1.82) is 0 Å². The molecule has 0 spiro atoms. The van der Waals surface area contributed by atoms with Gasteiger partial charge in [0.1, 0.15) is 11.1 Å². The number of rotatable bonds is 4. The average molecular weight is 448 g/mol. The number of nitrogens with zero attached hydrogens (tertiary/aromatic N) is 1. The first kappa shape index (κ1) is 21.1. The number of fused-ring (bicyclic) bond motifs is 2. The van der Waals surface area contributed by atoms with E-state index in [1.807, 2.05) is 19.1 Å². The van der Waals surface area contributed by atoms with Crippen LogP contribution in [-0.4, -0.2) is 23.6 Å². The normalized spacial score (nSPS) is 19.6. The maximum absolute atomic E-state index is 13.5. The fourth-order valence-electron chi connectivity index (χ4n) is 4.56. The Hall–Kier alpha value is -3.81. The number of carbonyl (C=O) groups is 2. The molecule has 1 saturated heterocycles. The lowest BCUT2D eigenvalue weighted by atomic mass is 9.91. The monoisotopic (exact) mass is 448 g/mol. The van der Waals surface area contributed by atoms with Gasteiger partial charge in [-0.2, -0.15) is 0 Å². The highest BCUT2D eigenvalue weighted by Gasteiger charge is 2.49. The van der Waals surface area contributed by atoms with Gasteiger partial charge in [-0.1, -0.05) is 19.9 Å². The maximum atomic E-state index is 13.5. The van der Waals surface area contributed by atoms with Crippen LogP contribution in [0.3, 0.4) is 0 Å². The van der Waals surface area contributed by atoms with E-state index in [-0.39, 0.29) is 19.3 Å². The second-order valence-corrected chi connectivity index (χ2v) is 8.96. The van der Waals surface area contributed by atoms with Crippen LogP contribution in [-0.2, 0) is 16.9 Å². The molecule has 3 amide bonds. The van der Waals surface area contributed by atoms with Crippen LogP contribution in [0.25, 0.3) is 11.0 Å². The van der Waals surface area contributed by atoms with Gasteiger partial charge < -0.3 is 19.2 Å². The number of nitrogens with one attached hydrogen (secondary N) is 1. The van der Waals surface area contributed by atoms with Crippen LogP contribution in [0.5, 0.6) is 11.5 Å². The minimum Gasteiger partial charge on any atom is -0.454 e. The van der Waals surface area contributed by atoms with Crippen molar-refractivity contribution in [2.75, 3.05) is 6.79 Å². The summed E-state index contributed by atoms with van der Waals surface area (Å²) in [5.41, 5.74) is 1.91. The Morgan fingerprint density at radius 1 is 1.06 bits per heavy atom. The predicted octanol–water partition coefficient (Wildman–Crippen LogP) is 3.92. The Balaban J connectivity index is 1.53. The van der Waals surface area contributed by atoms with Gasteiger partial charge in [0.05, 0.1) is 6.54 Å². The lowest BCUT2D eigenvalue weighted by molar-refractivity contribution is -0.131. The highest BCUT2D eigenvalue weighted by molar-refractivity contribution is 6.07. The van der Waals surface area contributed by atoms with Gasteiger partial charge in [-0.25, -0.2) is 9.59 Å². The molecular weight excluding hydrogens is 424 g/mol. The minimum atomic E-state index is -1.27.